The van der Waals surface area contributed by atoms with Gasteiger partial charge in [0.1, 0.15) is 0 Å². The molecule has 1 heteroatoms. The lowest BCUT2D eigenvalue weighted by molar-refractivity contribution is 0.107. The largest absolute Gasteiger partial charge is 0.176 e. The van der Waals surface area contributed by atoms with E-state index in [1.807, 2.05) is 0 Å². The molecule has 0 aliphatic rings. The summed E-state index contributed by atoms with van der Waals surface area (Å²) in [7, 11) is 0. The van der Waals surface area contributed by atoms with Gasteiger partial charge >= 0.3 is 0 Å². The second-order valence-electron chi connectivity index (χ2n) is 7.21. The highest BCUT2D eigenvalue weighted by Crippen LogP contribution is 2.45. The first-order valence-corrected chi connectivity index (χ1v) is 8.46. The van der Waals surface area contributed by atoms with Crippen LogP contribution >= 0.6 is 12.6 Å². The van der Waals surface area contributed by atoms with Crippen LogP contribution in [0.25, 0.3) is 0 Å². The SMILES string of the molecule is CCCC(C)(CC(C)C)C(CC(C)C)C(S)CC. The second kappa shape index (κ2) is 8.51. The van der Waals surface area contributed by atoms with E-state index in [1.54, 1.807) is 0 Å². The quantitative estimate of drug-likeness (QED) is 0.474. The molecule has 0 N–H and O–H groups in total. The summed E-state index contributed by atoms with van der Waals surface area (Å²) in [6.45, 7) is 16.6. The molecule has 0 radical (unpaired) electrons. The molecule has 0 saturated heterocycles. The van der Waals surface area contributed by atoms with Crippen molar-refractivity contribution in [2.45, 2.75) is 85.8 Å². The summed E-state index contributed by atoms with van der Waals surface area (Å²) in [4.78, 5) is 0. The monoisotopic (exact) mass is 272 g/mol. The van der Waals surface area contributed by atoms with E-state index < -0.39 is 0 Å². The Hall–Kier alpha value is 0.350. The van der Waals surface area contributed by atoms with Crippen molar-refractivity contribution in [1.29, 1.82) is 0 Å². The molecule has 110 valence electrons. The normalized spacial score (nSPS) is 19.0. The fourth-order valence-electron chi connectivity index (χ4n) is 3.64. The molecule has 3 unspecified atom stereocenters. The van der Waals surface area contributed by atoms with Crippen LogP contribution in [-0.4, -0.2) is 5.25 Å². The van der Waals surface area contributed by atoms with Gasteiger partial charge in [-0.15, -0.1) is 0 Å². The molecule has 0 aromatic rings. The standard InChI is InChI=1S/C17H36S/c1-8-10-17(7,12-14(5)6)15(11-13(3)4)16(18)9-2/h13-16,18H,8-12H2,1-7H3. The lowest BCUT2D eigenvalue weighted by Gasteiger charge is -2.43. The highest BCUT2D eigenvalue weighted by molar-refractivity contribution is 7.81. The average molecular weight is 273 g/mol. The summed E-state index contributed by atoms with van der Waals surface area (Å²) in [5.74, 6) is 2.32. The Labute approximate surface area is 122 Å². The van der Waals surface area contributed by atoms with Crippen molar-refractivity contribution in [3.8, 4) is 0 Å². The van der Waals surface area contributed by atoms with E-state index in [0.717, 1.165) is 17.8 Å². The van der Waals surface area contributed by atoms with Crippen molar-refractivity contribution < 1.29 is 0 Å². The molecule has 0 fully saturated rings. The van der Waals surface area contributed by atoms with Gasteiger partial charge in [0.25, 0.3) is 0 Å². The summed E-state index contributed by atoms with van der Waals surface area (Å²) >= 11 is 4.91. The molecule has 0 aromatic heterocycles. The van der Waals surface area contributed by atoms with E-state index in [2.05, 4.69) is 48.5 Å². The van der Waals surface area contributed by atoms with Gasteiger partial charge < -0.3 is 0 Å². The van der Waals surface area contributed by atoms with Gasteiger partial charge in [-0.1, -0.05) is 54.9 Å². The number of rotatable bonds is 9. The minimum Gasteiger partial charge on any atom is -0.176 e. The van der Waals surface area contributed by atoms with Crippen molar-refractivity contribution in [3.63, 3.8) is 0 Å². The first kappa shape index (κ1) is 18.4. The van der Waals surface area contributed by atoms with Gasteiger partial charge in [0, 0.05) is 5.25 Å². The Morgan fingerprint density at radius 2 is 1.56 bits per heavy atom. The van der Waals surface area contributed by atoms with Crippen LogP contribution < -0.4 is 0 Å². The van der Waals surface area contributed by atoms with Crippen LogP contribution in [0.2, 0.25) is 0 Å². The zero-order valence-electron chi connectivity index (χ0n) is 13.8. The van der Waals surface area contributed by atoms with Gasteiger partial charge in [0.05, 0.1) is 0 Å². The molecule has 0 spiro atoms. The minimum absolute atomic E-state index is 0.468. The molecule has 0 heterocycles. The first-order chi connectivity index (χ1) is 8.26. The van der Waals surface area contributed by atoms with Gasteiger partial charge in [-0.25, -0.2) is 0 Å². The summed E-state index contributed by atoms with van der Waals surface area (Å²) in [5.41, 5.74) is 0.468. The Kier molecular flexibility index (Phi) is 8.67. The zero-order valence-corrected chi connectivity index (χ0v) is 14.7. The number of hydrogen-bond acceptors (Lipinski definition) is 1. The van der Waals surface area contributed by atoms with Gasteiger partial charge in [-0.05, 0) is 48.9 Å². The average Bonchev–Trinajstić information content (AvgIpc) is 2.23. The Morgan fingerprint density at radius 3 is 1.89 bits per heavy atom. The summed E-state index contributed by atoms with van der Waals surface area (Å²) < 4.78 is 0. The first-order valence-electron chi connectivity index (χ1n) is 7.94. The van der Waals surface area contributed by atoms with Crippen LogP contribution in [0, 0.1) is 23.2 Å². The molecule has 0 aliphatic heterocycles. The fourth-order valence-corrected chi connectivity index (χ4v) is 4.12. The van der Waals surface area contributed by atoms with Crippen LogP contribution in [-0.2, 0) is 0 Å². The van der Waals surface area contributed by atoms with Crippen LogP contribution in [0.5, 0.6) is 0 Å². The van der Waals surface area contributed by atoms with Crippen molar-refractivity contribution in [3.05, 3.63) is 0 Å². The Bertz CT molecular complexity index is 210. The molecule has 0 rings (SSSR count). The van der Waals surface area contributed by atoms with Crippen LogP contribution in [0.4, 0.5) is 0 Å². The molecule has 3 atom stereocenters. The van der Waals surface area contributed by atoms with Crippen molar-refractivity contribution in [2.75, 3.05) is 0 Å². The number of thiol groups is 1. The molecule has 0 aromatic carbocycles. The third kappa shape index (κ3) is 5.99. The second-order valence-corrected chi connectivity index (χ2v) is 7.88. The van der Waals surface area contributed by atoms with E-state index in [0.29, 0.717) is 10.7 Å². The molecule has 0 bridgehead atoms. The predicted molar refractivity (Wildman–Crippen MR) is 88.5 cm³/mol. The molecule has 0 nitrogen and oxygen atoms in total. The van der Waals surface area contributed by atoms with E-state index in [4.69, 9.17) is 12.6 Å². The highest BCUT2D eigenvalue weighted by atomic mass is 32.1. The summed E-state index contributed by atoms with van der Waals surface area (Å²) in [6, 6.07) is 0. The Balaban J connectivity index is 5.05. The van der Waals surface area contributed by atoms with Crippen LogP contribution in [0.15, 0.2) is 0 Å². The topological polar surface area (TPSA) is 0 Å². The van der Waals surface area contributed by atoms with Gasteiger partial charge in [-0.2, -0.15) is 12.6 Å². The summed E-state index contributed by atoms with van der Waals surface area (Å²) in [6.07, 6.45) is 6.50. The molecule has 18 heavy (non-hydrogen) atoms. The molecule has 0 aliphatic carbocycles. The Morgan fingerprint density at radius 1 is 1.00 bits per heavy atom. The van der Waals surface area contributed by atoms with Gasteiger partial charge in [-0.3, -0.25) is 0 Å². The third-order valence-corrected chi connectivity index (χ3v) is 4.92. The number of hydrogen-bond donors (Lipinski definition) is 1. The zero-order chi connectivity index (χ0) is 14.3. The molecular weight excluding hydrogens is 236 g/mol. The molecule has 0 saturated carbocycles. The molecular formula is C17H36S. The highest BCUT2D eigenvalue weighted by Gasteiger charge is 2.37. The van der Waals surface area contributed by atoms with Crippen molar-refractivity contribution in [2.24, 2.45) is 23.2 Å². The van der Waals surface area contributed by atoms with Crippen LogP contribution in [0.1, 0.15) is 80.6 Å². The lowest BCUT2D eigenvalue weighted by Crippen LogP contribution is -2.36. The van der Waals surface area contributed by atoms with E-state index >= 15 is 0 Å². The smallest absolute Gasteiger partial charge is 0.00477 e. The van der Waals surface area contributed by atoms with E-state index in [1.165, 1.54) is 32.1 Å². The van der Waals surface area contributed by atoms with Crippen LogP contribution in [0.3, 0.4) is 0 Å². The van der Waals surface area contributed by atoms with Gasteiger partial charge in [0.15, 0.2) is 0 Å². The third-order valence-electron chi connectivity index (χ3n) is 4.20. The van der Waals surface area contributed by atoms with E-state index in [-0.39, 0.29) is 0 Å². The maximum absolute atomic E-state index is 4.91. The van der Waals surface area contributed by atoms with Crippen molar-refractivity contribution >= 4 is 12.6 Å². The maximum atomic E-state index is 4.91. The van der Waals surface area contributed by atoms with Gasteiger partial charge in [0.2, 0.25) is 0 Å². The summed E-state index contributed by atoms with van der Waals surface area (Å²) in [5, 5.41) is 0.558. The van der Waals surface area contributed by atoms with Crippen molar-refractivity contribution in [1.82, 2.24) is 0 Å². The maximum Gasteiger partial charge on any atom is 0.00477 e. The molecule has 0 amide bonds. The fraction of sp³-hybridized carbons (Fsp3) is 1.00. The predicted octanol–water partition coefficient (Wildman–Crippen LogP) is 6.21. The lowest BCUT2D eigenvalue weighted by atomic mass is 9.65. The minimum atomic E-state index is 0.468. The van der Waals surface area contributed by atoms with E-state index in [9.17, 15) is 0 Å².